The number of benzene rings is 1. The van der Waals surface area contributed by atoms with Crippen LogP contribution in [0.3, 0.4) is 0 Å². The third-order valence-electron chi connectivity index (χ3n) is 5.88. The monoisotopic (exact) mass is 553 g/mol. The van der Waals surface area contributed by atoms with Crippen molar-refractivity contribution in [1.29, 1.82) is 0 Å². The van der Waals surface area contributed by atoms with E-state index in [1.165, 1.54) is 25.0 Å². The Morgan fingerprint density at radius 2 is 1.32 bits per heavy atom. The van der Waals surface area contributed by atoms with Gasteiger partial charge < -0.3 is 42.5 Å². The van der Waals surface area contributed by atoms with E-state index in [2.05, 4.69) is 35.9 Å². The Morgan fingerprint density at radius 3 is 1.88 bits per heavy atom. The molecule has 1 aromatic carbocycles. The summed E-state index contributed by atoms with van der Waals surface area (Å²) in [6.07, 6.45) is 5.21. The third kappa shape index (κ3) is 9.05. The molecule has 2 aromatic heterocycles. The first-order valence-electron chi connectivity index (χ1n) is 12.3. The van der Waals surface area contributed by atoms with Gasteiger partial charge in [0.05, 0.1) is 25.1 Å². The second-order valence-electron chi connectivity index (χ2n) is 9.05. The summed E-state index contributed by atoms with van der Waals surface area (Å²) in [5, 5.41) is 16.9. The number of hydrogen-bond acceptors (Lipinski definition) is 8. The van der Waals surface area contributed by atoms with Crippen molar-refractivity contribution in [1.82, 2.24) is 35.9 Å². The van der Waals surface area contributed by atoms with Crippen LogP contribution in [-0.2, 0) is 43.2 Å². The Kier molecular flexibility index (Phi) is 10.5. The van der Waals surface area contributed by atoms with Crippen LogP contribution in [0.5, 0.6) is 0 Å². The highest BCUT2D eigenvalue weighted by Gasteiger charge is 2.31. The molecule has 0 radical (unpaired) electrons. The van der Waals surface area contributed by atoms with E-state index in [-0.39, 0.29) is 19.3 Å². The largest absolute Gasteiger partial charge is 0.480 e. The number of carboxylic acids is 1. The highest BCUT2D eigenvalue weighted by Crippen LogP contribution is 2.06. The molecule has 0 aliphatic rings. The number of nitrogens with two attached hydrogens (primary N) is 2. The lowest BCUT2D eigenvalue weighted by Crippen LogP contribution is -2.58. The van der Waals surface area contributed by atoms with Gasteiger partial charge in [-0.25, -0.2) is 14.8 Å². The molecule has 10 N–H and O–H groups in total. The van der Waals surface area contributed by atoms with Gasteiger partial charge in [-0.1, -0.05) is 30.3 Å². The van der Waals surface area contributed by atoms with Crippen LogP contribution in [0.4, 0.5) is 0 Å². The molecule has 2 heterocycles. The van der Waals surface area contributed by atoms with Crippen molar-refractivity contribution < 1.29 is 29.1 Å². The maximum Gasteiger partial charge on any atom is 0.326 e. The second-order valence-corrected chi connectivity index (χ2v) is 9.05. The first-order valence-corrected chi connectivity index (χ1v) is 12.3. The van der Waals surface area contributed by atoms with Gasteiger partial charge in [-0.05, 0) is 5.56 Å². The molecule has 15 nitrogen and oxygen atoms in total. The maximum atomic E-state index is 13.3. The lowest BCUT2D eigenvalue weighted by atomic mass is 10.0. The Morgan fingerprint density at radius 1 is 0.775 bits per heavy atom. The van der Waals surface area contributed by atoms with Crippen molar-refractivity contribution in [2.24, 2.45) is 11.5 Å². The van der Waals surface area contributed by atoms with Crippen LogP contribution in [0.2, 0.25) is 0 Å². The number of carboxylic acid groups (broad SMARTS) is 1. The number of imidazole rings is 2. The third-order valence-corrected chi connectivity index (χ3v) is 5.88. The van der Waals surface area contributed by atoms with E-state index in [1.807, 2.05) is 0 Å². The van der Waals surface area contributed by atoms with Crippen LogP contribution in [0.15, 0.2) is 55.4 Å². The van der Waals surface area contributed by atoms with Gasteiger partial charge in [-0.2, -0.15) is 0 Å². The number of H-pyrrole nitrogens is 2. The van der Waals surface area contributed by atoms with Crippen LogP contribution in [0, 0.1) is 0 Å². The maximum absolute atomic E-state index is 13.3. The summed E-state index contributed by atoms with van der Waals surface area (Å²) in [7, 11) is 0. The fraction of sp³-hybridized carbons (Fsp3) is 0.320. The quantitative estimate of drug-likeness (QED) is 0.102. The van der Waals surface area contributed by atoms with Crippen molar-refractivity contribution in [2.45, 2.75) is 49.9 Å². The van der Waals surface area contributed by atoms with Gasteiger partial charge in [-0.3, -0.25) is 19.2 Å². The summed E-state index contributed by atoms with van der Waals surface area (Å²) in [5.41, 5.74) is 13.1. The molecule has 0 saturated carbocycles. The number of carbonyl (C=O) groups is 5. The Bertz CT molecular complexity index is 1280. The molecule has 3 rings (SSSR count). The van der Waals surface area contributed by atoms with E-state index >= 15 is 0 Å². The smallest absolute Gasteiger partial charge is 0.326 e. The van der Waals surface area contributed by atoms with Crippen molar-refractivity contribution in [3.05, 3.63) is 72.3 Å². The first kappa shape index (κ1) is 29.5. The minimum absolute atomic E-state index is 0.0358. The van der Waals surface area contributed by atoms with Gasteiger partial charge in [0.1, 0.15) is 18.1 Å². The van der Waals surface area contributed by atoms with E-state index in [1.54, 1.807) is 30.3 Å². The number of amides is 4. The summed E-state index contributed by atoms with van der Waals surface area (Å²) >= 11 is 0. The molecule has 40 heavy (non-hydrogen) atoms. The van der Waals surface area contributed by atoms with Crippen molar-refractivity contribution in [3.63, 3.8) is 0 Å². The van der Waals surface area contributed by atoms with E-state index in [4.69, 9.17) is 11.5 Å². The Balaban J connectivity index is 1.73. The van der Waals surface area contributed by atoms with Crippen LogP contribution < -0.4 is 27.4 Å². The first-order chi connectivity index (χ1) is 19.1. The highest BCUT2D eigenvalue weighted by atomic mass is 16.4. The summed E-state index contributed by atoms with van der Waals surface area (Å²) in [4.78, 5) is 76.1. The van der Waals surface area contributed by atoms with Gasteiger partial charge >= 0.3 is 5.97 Å². The average Bonchev–Trinajstić information content (AvgIpc) is 3.62. The van der Waals surface area contributed by atoms with E-state index in [0.29, 0.717) is 17.0 Å². The van der Waals surface area contributed by atoms with Crippen molar-refractivity contribution >= 4 is 29.6 Å². The molecular formula is C25H31N9O6. The molecule has 4 unspecified atom stereocenters. The Labute approximate surface area is 228 Å². The average molecular weight is 554 g/mol. The zero-order valence-corrected chi connectivity index (χ0v) is 21.4. The van der Waals surface area contributed by atoms with Gasteiger partial charge in [0, 0.05) is 43.0 Å². The topological polar surface area (TPSA) is 251 Å². The molecule has 0 aliphatic heterocycles. The highest BCUT2D eigenvalue weighted by molar-refractivity contribution is 5.96. The molecule has 0 fully saturated rings. The predicted molar refractivity (Wildman–Crippen MR) is 140 cm³/mol. The van der Waals surface area contributed by atoms with Crippen molar-refractivity contribution in [3.8, 4) is 0 Å². The normalized spacial score (nSPS) is 13.8. The SMILES string of the molecule is NC(=O)CC(NC(=O)C(Cc1cnc[nH]1)NC(=O)C(N)Cc1cnc[nH]1)C(=O)NC(Cc1ccccc1)C(=O)O. The van der Waals surface area contributed by atoms with Crippen molar-refractivity contribution in [2.75, 3.05) is 0 Å². The van der Waals surface area contributed by atoms with Crippen LogP contribution in [0.1, 0.15) is 23.4 Å². The molecule has 0 bridgehead atoms. The number of aromatic amines is 2. The number of hydrogen-bond donors (Lipinski definition) is 8. The summed E-state index contributed by atoms with van der Waals surface area (Å²) < 4.78 is 0. The lowest BCUT2D eigenvalue weighted by Gasteiger charge is -2.24. The van der Waals surface area contributed by atoms with Crippen LogP contribution in [0.25, 0.3) is 0 Å². The van der Waals surface area contributed by atoms with Crippen LogP contribution in [-0.4, -0.2) is 78.8 Å². The van der Waals surface area contributed by atoms with Crippen LogP contribution >= 0.6 is 0 Å². The van der Waals surface area contributed by atoms with Gasteiger partial charge in [0.2, 0.25) is 23.6 Å². The minimum atomic E-state index is -1.51. The molecular weight excluding hydrogens is 522 g/mol. The number of aromatic nitrogens is 4. The molecule has 4 atom stereocenters. The lowest BCUT2D eigenvalue weighted by molar-refractivity contribution is -0.142. The number of aliphatic carboxylic acids is 1. The number of carbonyl (C=O) groups excluding carboxylic acids is 4. The van der Waals surface area contributed by atoms with E-state index < -0.39 is 60.2 Å². The fourth-order valence-electron chi connectivity index (χ4n) is 3.84. The second kappa shape index (κ2) is 14.2. The molecule has 0 aliphatic carbocycles. The molecule has 15 heteroatoms. The molecule has 0 spiro atoms. The standard InChI is InChI=1S/C25H31N9O6/c26-17(7-15-10-28-12-30-15)22(36)32-18(8-16-11-29-13-31-16)23(37)33-19(9-21(27)35)24(38)34-20(25(39)40)6-14-4-2-1-3-5-14/h1-5,10-13,17-20H,6-9,26H2,(H2,27,35)(H,28,30)(H,29,31)(H,32,36)(H,33,37)(H,34,38)(H,39,40). The molecule has 212 valence electrons. The predicted octanol–water partition coefficient (Wildman–Crippen LogP) is -2.10. The summed E-state index contributed by atoms with van der Waals surface area (Å²) in [6, 6.07) is 3.49. The number of nitrogens with one attached hydrogen (secondary N) is 5. The van der Waals surface area contributed by atoms with E-state index in [0.717, 1.165) is 0 Å². The zero-order valence-electron chi connectivity index (χ0n) is 21.4. The molecule has 4 amide bonds. The molecule has 3 aromatic rings. The van der Waals surface area contributed by atoms with E-state index in [9.17, 15) is 29.1 Å². The fourth-order valence-corrected chi connectivity index (χ4v) is 3.84. The number of nitrogens with zero attached hydrogens (tertiary/aromatic N) is 2. The van der Waals surface area contributed by atoms with Gasteiger partial charge in [0.25, 0.3) is 0 Å². The van der Waals surface area contributed by atoms with Gasteiger partial charge in [0.15, 0.2) is 0 Å². The zero-order chi connectivity index (χ0) is 29.1. The Hall–Kier alpha value is -5.05. The minimum Gasteiger partial charge on any atom is -0.480 e. The summed E-state index contributed by atoms with van der Waals surface area (Å²) in [5.74, 6) is -4.63. The van der Waals surface area contributed by atoms with Gasteiger partial charge in [-0.15, -0.1) is 0 Å². The summed E-state index contributed by atoms with van der Waals surface area (Å²) in [6.45, 7) is 0. The number of rotatable bonds is 15. The number of primary amides is 1. The molecule has 0 saturated heterocycles.